The summed E-state index contributed by atoms with van der Waals surface area (Å²) in [5.74, 6) is 0.588. The largest absolute Gasteiger partial charge is 0.326 e. The quantitative estimate of drug-likeness (QED) is 0.841. The Kier molecular flexibility index (Phi) is 3.07. The SMILES string of the molecule is CC1CN(Cc2ncc(Cl)s2)CC1N. The zero-order chi connectivity index (χ0) is 10.1. The van der Waals surface area contributed by atoms with Crippen LogP contribution >= 0.6 is 22.9 Å². The van der Waals surface area contributed by atoms with Gasteiger partial charge in [-0.25, -0.2) is 4.98 Å². The molecule has 2 heterocycles. The van der Waals surface area contributed by atoms with Gasteiger partial charge in [0.25, 0.3) is 0 Å². The van der Waals surface area contributed by atoms with Gasteiger partial charge in [0, 0.05) is 19.1 Å². The van der Waals surface area contributed by atoms with Crippen LogP contribution in [0.2, 0.25) is 4.34 Å². The van der Waals surface area contributed by atoms with Gasteiger partial charge in [0.05, 0.1) is 12.7 Å². The summed E-state index contributed by atoms with van der Waals surface area (Å²) in [6, 6.07) is 0.311. The van der Waals surface area contributed by atoms with Gasteiger partial charge in [0.1, 0.15) is 9.34 Å². The first-order valence-corrected chi connectivity index (χ1v) is 5.92. The van der Waals surface area contributed by atoms with Crippen LogP contribution in [0.3, 0.4) is 0 Å². The third kappa shape index (κ3) is 2.25. The van der Waals surface area contributed by atoms with Crippen LogP contribution in [0.15, 0.2) is 6.20 Å². The third-order valence-electron chi connectivity index (χ3n) is 2.63. The van der Waals surface area contributed by atoms with E-state index in [1.165, 1.54) is 0 Å². The fraction of sp³-hybridized carbons (Fsp3) is 0.667. The molecule has 78 valence electrons. The van der Waals surface area contributed by atoms with Crippen LogP contribution in [-0.4, -0.2) is 29.0 Å². The summed E-state index contributed by atoms with van der Waals surface area (Å²) in [6.45, 7) is 5.12. The molecule has 2 unspecified atom stereocenters. The van der Waals surface area contributed by atoms with Crippen LogP contribution in [0.1, 0.15) is 11.9 Å². The first-order chi connectivity index (χ1) is 6.65. The predicted octanol–water partition coefficient (Wildman–Crippen LogP) is 1.58. The van der Waals surface area contributed by atoms with Crippen molar-refractivity contribution in [1.29, 1.82) is 0 Å². The van der Waals surface area contributed by atoms with E-state index in [9.17, 15) is 0 Å². The Balaban J connectivity index is 1.93. The topological polar surface area (TPSA) is 42.2 Å². The Morgan fingerprint density at radius 1 is 1.71 bits per heavy atom. The molecule has 0 aromatic carbocycles. The minimum atomic E-state index is 0.311. The molecule has 0 aliphatic carbocycles. The smallest absolute Gasteiger partial charge is 0.113 e. The Morgan fingerprint density at radius 2 is 2.50 bits per heavy atom. The van der Waals surface area contributed by atoms with Crippen molar-refractivity contribution < 1.29 is 0 Å². The van der Waals surface area contributed by atoms with Crippen molar-refractivity contribution in [2.45, 2.75) is 19.5 Å². The highest BCUT2D eigenvalue weighted by molar-refractivity contribution is 7.15. The van der Waals surface area contributed by atoms with Gasteiger partial charge in [-0.05, 0) is 5.92 Å². The Morgan fingerprint density at radius 3 is 3.00 bits per heavy atom. The van der Waals surface area contributed by atoms with E-state index in [-0.39, 0.29) is 0 Å². The van der Waals surface area contributed by atoms with Gasteiger partial charge in [-0.15, -0.1) is 11.3 Å². The first kappa shape index (κ1) is 10.4. The van der Waals surface area contributed by atoms with Gasteiger partial charge >= 0.3 is 0 Å². The van der Waals surface area contributed by atoms with E-state index in [4.69, 9.17) is 17.3 Å². The molecule has 14 heavy (non-hydrogen) atoms. The van der Waals surface area contributed by atoms with Crippen LogP contribution in [-0.2, 0) is 6.54 Å². The first-order valence-electron chi connectivity index (χ1n) is 4.73. The highest BCUT2D eigenvalue weighted by Gasteiger charge is 2.26. The molecule has 1 aromatic rings. The number of hydrogen-bond acceptors (Lipinski definition) is 4. The van der Waals surface area contributed by atoms with Crippen LogP contribution < -0.4 is 5.73 Å². The van der Waals surface area contributed by atoms with Crippen molar-refractivity contribution in [2.75, 3.05) is 13.1 Å². The molecular formula is C9H14ClN3S. The van der Waals surface area contributed by atoms with Crippen molar-refractivity contribution in [1.82, 2.24) is 9.88 Å². The molecule has 2 N–H and O–H groups in total. The molecule has 5 heteroatoms. The Bertz CT molecular complexity index is 305. The molecule has 1 aliphatic rings. The lowest BCUT2D eigenvalue weighted by molar-refractivity contribution is 0.318. The van der Waals surface area contributed by atoms with Gasteiger partial charge in [-0.3, -0.25) is 4.90 Å². The lowest BCUT2D eigenvalue weighted by Crippen LogP contribution is -2.28. The van der Waals surface area contributed by atoms with Crippen molar-refractivity contribution in [3.05, 3.63) is 15.5 Å². The second-order valence-corrected chi connectivity index (χ2v) is 5.64. The Hall–Kier alpha value is -0.160. The second-order valence-electron chi connectivity index (χ2n) is 3.89. The Labute approximate surface area is 92.9 Å². The van der Waals surface area contributed by atoms with E-state index in [1.54, 1.807) is 17.5 Å². The summed E-state index contributed by atoms with van der Waals surface area (Å²) in [6.07, 6.45) is 1.71. The number of likely N-dealkylation sites (tertiary alicyclic amines) is 1. The molecule has 1 aromatic heterocycles. The van der Waals surface area contributed by atoms with Crippen molar-refractivity contribution in [3.8, 4) is 0 Å². The number of nitrogens with zero attached hydrogens (tertiary/aromatic N) is 2. The van der Waals surface area contributed by atoms with Crippen LogP contribution in [0.4, 0.5) is 0 Å². The maximum atomic E-state index is 5.94. The van der Waals surface area contributed by atoms with Crippen molar-refractivity contribution in [2.24, 2.45) is 11.7 Å². The molecule has 1 aliphatic heterocycles. The van der Waals surface area contributed by atoms with E-state index in [0.29, 0.717) is 12.0 Å². The van der Waals surface area contributed by atoms with E-state index in [1.807, 2.05) is 0 Å². The summed E-state index contributed by atoms with van der Waals surface area (Å²) < 4.78 is 0.761. The summed E-state index contributed by atoms with van der Waals surface area (Å²) in [7, 11) is 0. The average molecular weight is 232 g/mol. The highest BCUT2D eigenvalue weighted by Crippen LogP contribution is 2.22. The molecule has 3 nitrogen and oxygen atoms in total. The lowest BCUT2D eigenvalue weighted by atomic mass is 10.1. The fourth-order valence-electron chi connectivity index (χ4n) is 1.78. The number of hydrogen-bond donors (Lipinski definition) is 1. The van der Waals surface area contributed by atoms with E-state index in [2.05, 4.69) is 16.8 Å². The fourth-order valence-corrected chi connectivity index (χ4v) is 2.78. The number of nitrogens with two attached hydrogens (primary N) is 1. The van der Waals surface area contributed by atoms with E-state index < -0.39 is 0 Å². The van der Waals surface area contributed by atoms with Crippen LogP contribution in [0, 0.1) is 5.92 Å². The molecule has 1 saturated heterocycles. The van der Waals surface area contributed by atoms with Crippen molar-refractivity contribution in [3.63, 3.8) is 0 Å². The maximum Gasteiger partial charge on any atom is 0.113 e. The molecule has 2 atom stereocenters. The summed E-state index contributed by atoms with van der Waals surface area (Å²) >= 11 is 7.36. The molecule has 0 bridgehead atoms. The zero-order valence-electron chi connectivity index (χ0n) is 8.11. The van der Waals surface area contributed by atoms with E-state index in [0.717, 1.165) is 29.0 Å². The van der Waals surface area contributed by atoms with Crippen molar-refractivity contribution >= 4 is 22.9 Å². The summed E-state index contributed by atoms with van der Waals surface area (Å²) in [5, 5.41) is 1.08. The van der Waals surface area contributed by atoms with Crippen LogP contribution in [0.5, 0.6) is 0 Å². The molecule has 0 saturated carbocycles. The summed E-state index contributed by atoms with van der Waals surface area (Å²) in [5.41, 5.74) is 5.94. The van der Waals surface area contributed by atoms with Gasteiger partial charge < -0.3 is 5.73 Å². The van der Waals surface area contributed by atoms with Gasteiger partial charge in [-0.1, -0.05) is 18.5 Å². The van der Waals surface area contributed by atoms with Gasteiger partial charge in [-0.2, -0.15) is 0 Å². The number of thiazole rings is 1. The van der Waals surface area contributed by atoms with Crippen LogP contribution in [0.25, 0.3) is 0 Å². The minimum absolute atomic E-state index is 0.311. The number of halogens is 1. The molecular weight excluding hydrogens is 218 g/mol. The van der Waals surface area contributed by atoms with Gasteiger partial charge in [0.2, 0.25) is 0 Å². The van der Waals surface area contributed by atoms with Gasteiger partial charge in [0.15, 0.2) is 0 Å². The minimum Gasteiger partial charge on any atom is -0.326 e. The van der Waals surface area contributed by atoms with E-state index >= 15 is 0 Å². The molecule has 0 radical (unpaired) electrons. The molecule has 0 amide bonds. The predicted molar refractivity (Wildman–Crippen MR) is 59.5 cm³/mol. The number of aromatic nitrogens is 1. The standard InChI is InChI=1S/C9H14ClN3S/c1-6-3-13(4-7(6)11)5-9-12-2-8(10)14-9/h2,6-7H,3-5,11H2,1H3. The number of rotatable bonds is 2. The molecule has 1 fully saturated rings. The molecule has 2 rings (SSSR count). The monoisotopic (exact) mass is 231 g/mol. The average Bonchev–Trinajstić information content (AvgIpc) is 2.62. The third-order valence-corrected chi connectivity index (χ3v) is 3.73. The maximum absolute atomic E-state index is 5.94. The molecule has 0 spiro atoms. The summed E-state index contributed by atoms with van der Waals surface area (Å²) in [4.78, 5) is 6.57. The highest BCUT2D eigenvalue weighted by atomic mass is 35.5. The normalized spacial score (nSPS) is 28.5. The second kappa shape index (κ2) is 4.14. The lowest BCUT2D eigenvalue weighted by Gasteiger charge is -2.12. The zero-order valence-corrected chi connectivity index (χ0v) is 9.68.